The summed E-state index contributed by atoms with van der Waals surface area (Å²) in [6.07, 6.45) is 4.25. The summed E-state index contributed by atoms with van der Waals surface area (Å²) in [6, 6.07) is 1.85. The Labute approximate surface area is 96.1 Å². The molecule has 16 heavy (non-hydrogen) atoms. The van der Waals surface area contributed by atoms with Crippen LogP contribution in [0.15, 0.2) is 12.3 Å². The maximum Gasteiger partial charge on any atom is 0.221 e. The second-order valence-corrected chi connectivity index (χ2v) is 4.45. The van der Waals surface area contributed by atoms with Crippen LogP contribution in [-0.4, -0.2) is 41.5 Å². The van der Waals surface area contributed by atoms with Crippen molar-refractivity contribution in [1.29, 1.82) is 0 Å². The Morgan fingerprint density at radius 3 is 3.25 bits per heavy atom. The van der Waals surface area contributed by atoms with Crippen molar-refractivity contribution in [3.05, 3.63) is 12.3 Å². The number of piperidine rings is 1. The molecule has 0 saturated carbocycles. The van der Waals surface area contributed by atoms with E-state index in [9.17, 15) is 0 Å². The van der Waals surface area contributed by atoms with Crippen LogP contribution in [0.1, 0.15) is 12.8 Å². The van der Waals surface area contributed by atoms with Crippen molar-refractivity contribution >= 4 is 11.8 Å². The molecule has 5 heteroatoms. The van der Waals surface area contributed by atoms with Gasteiger partial charge in [-0.1, -0.05) is 0 Å². The summed E-state index contributed by atoms with van der Waals surface area (Å²) in [5, 5.41) is 3.32. The summed E-state index contributed by atoms with van der Waals surface area (Å²) in [4.78, 5) is 10.4. The van der Waals surface area contributed by atoms with Crippen LogP contribution in [0.3, 0.4) is 0 Å². The molecular weight excluding hydrogens is 202 g/mol. The van der Waals surface area contributed by atoms with Gasteiger partial charge in [-0.3, -0.25) is 0 Å². The van der Waals surface area contributed by atoms with Gasteiger partial charge in [0.15, 0.2) is 0 Å². The molecule has 1 unspecified atom stereocenters. The molecule has 0 aliphatic carbocycles. The van der Waals surface area contributed by atoms with E-state index in [4.69, 9.17) is 5.73 Å². The minimum atomic E-state index is 0.325. The molecule has 0 bridgehead atoms. The SMILES string of the molecule is CN1CCCC(CNc2ccnc(N)n2)C1. The van der Waals surface area contributed by atoms with Crippen LogP contribution in [0.4, 0.5) is 11.8 Å². The van der Waals surface area contributed by atoms with Crippen molar-refractivity contribution < 1.29 is 0 Å². The number of hydrogen-bond donors (Lipinski definition) is 2. The van der Waals surface area contributed by atoms with Gasteiger partial charge in [0.1, 0.15) is 5.82 Å². The van der Waals surface area contributed by atoms with E-state index in [1.54, 1.807) is 6.20 Å². The first-order valence-electron chi connectivity index (χ1n) is 5.75. The van der Waals surface area contributed by atoms with E-state index in [1.807, 2.05) is 6.07 Å². The van der Waals surface area contributed by atoms with Gasteiger partial charge in [0.2, 0.25) is 5.95 Å². The molecule has 1 aromatic heterocycles. The molecule has 2 heterocycles. The highest BCUT2D eigenvalue weighted by Gasteiger charge is 2.16. The van der Waals surface area contributed by atoms with Gasteiger partial charge < -0.3 is 16.0 Å². The summed E-state index contributed by atoms with van der Waals surface area (Å²) in [7, 11) is 2.18. The summed E-state index contributed by atoms with van der Waals surface area (Å²) in [5.74, 6) is 1.85. The lowest BCUT2D eigenvalue weighted by Crippen LogP contribution is -2.35. The van der Waals surface area contributed by atoms with Gasteiger partial charge in [-0.05, 0) is 38.4 Å². The number of nitrogen functional groups attached to an aromatic ring is 1. The predicted molar refractivity (Wildman–Crippen MR) is 65.2 cm³/mol. The molecule has 1 aliphatic heterocycles. The zero-order chi connectivity index (χ0) is 11.4. The average molecular weight is 221 g/mol. The highest BCUT2D eigenvalue weighted by Crippen LogP contribution is 2.15. The fourth-order valence-corrected chi connectivity index (χ4v) is 2.16. The van der Waals surface area contributed by atoms with Crippen molar-refractivity contribution in [2.24, 2.45) is 5.92 Å². The first kappa shape index (κ1) is 11.1. The lowest BCUT2D eigenvalue weighted by Gasteiger charge is -2.29. The van der Waals surface area contributed by atoms with Gasteiger partial charge in [-0.2, -0.15) is 4.98 Å². The van der Waals surface area contributed by atoms with E-state index in [0.29, 0.717) is 11.9 Å². The predicted octanol–water partition coefficient (Wildman–Crippen LogP) is 0.812. The van der Waals surface area contributed by atoms with Gasteiger partial charge in [0, 0.05) is 19.3 Å². The molecule has 1 saturated heterocycles. The zero-order valence-corrected chi connectivity index (χ0v) is 9.69. The Hall–Kier alpha value is -1.36. The van der Waals surface area contributed by atoms with Crippen molar-refractivity contribution in [1.82, 2.24) is 14.9 Å². The van der Waals surface area contributed by atoms with Gasteiger partial charge in [-0.25, -0.2) is 4.98 Å². The second-order valence-electron chi connectivity index (χ2n) is 4.45. The molecule has 5 nitrogen and oxygen atoms in total. The van der Waals surface area contributed by atoms with E-state index < -0.39 is 0 Å². The van der Waals surface area contributed by atoms with Crippen molar-refractivity contribution in [3.8, 4) is 0 Å². The van der Waals surface area contributed by atoms with Gasteiger partial charge >= 0.3 is 0 Å². The van der Waals surface area contributed by atoms with Crippen LogP contribution in [0, 0.1) is 5.92 Å². The van der Waals surface area contributed by atoms with Crippen LogP contribution < -0.4 is 11.1 Å². The van der Waals surface area contributed by atoms with E-state index in [2.05, 4.69) is 27.2 Å². The first-order valence-corrected chi connectivity index (χ1v) is 5.75. The topological polar surface area (TPSA) is 67.1 Å². The van der Waals surface area contributed by atoms with Crippen LogP contribution in [0.5, 0.6) is 0 Å². The molecule has 0 radical (unpaired) electrons. The molecule has 1 fully saturated rings. The summed E-state index contributed by atoms with van der Waals surface area (Å²) in [5.41, 5.74) is 5.52. The van der Waals surface area contributed by atoms with Crippen molar-refractivity contribution in [2.75, 3.05) is 37.7 Å². The minimum Gasteiger partial charge on any atom is -0.370 e. The Balaban J connectivity index is 1.82. The van der Waals surface area contributed by atoms with Gasteiger partial charge in [0.25, 0.3) is 0 Å². The molecule has 2 rings (SSSR count). The normalized spacial score (nSPS) is 21.9. The summed E-state index contributed by atoms with van der Waals surface area (Å²) < 4.78 is 0. The Morgan fingerprint density at radius 1 is 1.62 bits per heavy atom. The second kappa shape index (κ2) is 5.12. The number of nitrogens with two attached hydrogens (primary N) is 1. The molecule has 0 aromatic carbocycles. The highest BCUT2D eigenvalue weighted by atomic mass is 15.1. The maximum absolute atomic E-state index is 5.52. The first-order chi connectivity index (χ1) is 7.74. The fourth-order valence-electron chi connectivity index (χ4n) is 2.16. The van der Waals surface area contributed by atoms with Crippen molar-refractivity contribution in [3.63, 3.8) is 0 Å². The largest absolute Gasteiger partial charge is 0.370 e. The van der Waals surface area contributed by atoms with Crippen LogP contribution >= 0.6 is 0 Å². The third-order valence-corrected chi connectivity index (χ3v) is 2.97. The van der Waals surface area contributed by atoms with E-state index in [0.717, 1.165) is 18.9 Å². The van der Waals surface area contributed by atoms with Crippen LogP contribution in [0.2, 0.25) is 0 Å². The van der Waals surface area contributed by atoms with E-state index >= 15 is 0 Å². The summed E-state index contributed by atoms with van der Waals surface area (Å²) >= 11 is 0. The standard InChI is InChI=1S/C11H19N5/c1-16-6-2-3-9(8-16)7-14-10-4-5-13-11(12)15-10/h4-5,9H,2-3,6-8H2,1H3,(H3,12,13,14,15). The lowest BCUT2D eigenvalue weighted by molar-refractivity contribution is 0.217. The summed E-state index contributed by atoms with van der Waals surface area (Å²) in [6.45, 7) is 3.34. The molecule has 1 atom stereocenters. The Bertz CT molecular complexity index is 341. The molecular formula is C11H19N5. The lowest BCUT2D eigenvalue weighted by atomic mass is 9.98. The fraction of sp³-hybridized carbons (Fsp3) is 0.636. The Morgan fingerprint density at radius 2 is 2.50 bits per heavy atom. The maximum atomic E-state index is 5.52. The molecule has 1 aliphatic rings. The Kier molecular flexibility index (Phi) is 3.56. The number of anilines is 2. The van der Waals surface area contributed by atoms with Crippen LogP contribution in [0.25, 0.3) is 0 Å². The number of hydrogen-bond acceptors (Lipinski definition) is 5. The monoisotopic (exact) mass is 221 g/mol. The minimum absolute atomic E-state index is 0.325. The van der Waals surface area contributed by atoms with E-state index in [1.165, 1.54) is 19.4 Å². The van der Waals surface area contributed by atoms with Gasteiger partial charge in [0.05, 0.1) is 0 Å². The number of nitrogens with zero attached hydrogens (tertiary/aromatic N) is 3. The average Bonchev–Trinajstić information content (AvgIpc) is 2.27. The zero-order valence-electron chi connectivity index (χ0n) is 9.69. The molecule has 1 aromatic rings. The van der Waals surface area contributed by atoms with Gasteiger partial charge in [-0.15, -0.1) is 0 Å². The third kappa shape index (κ3) is 3.06. The molecule has 0 amide bonds. The van der Waals surface area contributed by atoms with Crippen LogP contribution in [-0.2, 0) is 0 Å². The number of aromatic nitrogens is 2. The molecule has 0 spiro atoms. The quantitative estimate of drug-likeness (QED) is 0.790. The molecule has 88 valence electrons. The number of likely N-dealkylation sites (tertiary alicyclic amines) is 1. The van der Waals surface area contributed by atoms with E-state index in [-0.39, 0.29) is 0 Å². The van der Waals surface area contributed by atoms with Crippen molar-refractivity contribution in [2.45, 2.75) is 12.8 Å². The molecule has 3 N–H and O–H groups in total. The highest BCUT2D eigenvalue weighted by molar-refractivity contribution is 5.37. The third-order valence-electron chi connectivity index (χ3n) is 2.97. The smallest absolute Gasteiger partial charge is 0.221 e. The number of nitrogens with one attached hydrogen (secondary N) is 1. The number of rotatable bonds is 3.